The Labute approximate surface area is 168 Å². The molecule has 0 saturated carbocycles. The number of hydrogen-bond donors (Lipinski definition) is 0. The van der Waals surface area contributed by atoms with E-state index in [9.17, 15) is 0 Å². The summed E-state index contributed by atoms with van der Waals surface area (Å²) in [4.78, 5) is 12.2. The maximum atomic E-state index is 5.43. The molecule has 5 nitrogen and oxygen atoms in total. The van der Waals surface area contributed by atoms with Gasteiger partial charge in [0.1, 0.15) is 5.75 Å². The van der Waals surface area contributed by atoms with Crippen LogP contribution in [0.15, 0.2) is 48.8 Å². The Hall–Kier alpha value is -1.95. The molecule has 28 heavy (non-hydrogen) atoms. The van der Waals surface area contributed by atoms with Crippen molar-refractivity contribution in [3.63, 3.8) is 0 Å². The number of hydrogen-bond acceptors (Lipinski definition) is 5. The molecular weight excluding hydrogens is 348 g/mol. The number of pyridine rings is 1. The van der Waals surface area contributed by atoms with E-state index >= 15 is 0 Å². The molecule has 0 aliphatic carbocycles. The van der Waals surface area contributed by atoms with E-state index in [4.69, 9.17) is 4.74 Å². The van der Waals surface area contributed by atoms with Gasteiger partial charge in [0.2, 0.25) is 0 Å². The summed E-state index contributed by atoms with van der Waals surface area (Å²) in [5.41, 5.74) is 2.67. The number of methoxy groups -OCH3 is 1. The lowest BCUT2D eigenvalue weighted by Crippen LogP contribution is -2.53. The van der Waals surface area contributed by atoms with Gasteiger partial charge in [0.25, 0.3) is 0 Å². The van der Waals surface area contributed by atoms with E-state index in [1.165, 1.54) is 43.7 Å². The van der Waals surface area contributed by atoms with Crippen molar-refractivity contribution < 1.29 is 4.74 Å². The monoisotopic (exact) mass is 380 g/mol. The van der Waals surface area contributed by atoms with Crippen LogP contribution in [0.5, 0.6) is 5.75 Å². The summed E-state index contributed by atoms with van der Waals surface area (Å²) in [5.74, 6) is 0.941. The van der Waals surface area contributed by atoms with Crippen LogP contribution in [-0.2, 0) is 13.0 Å². The number of benzene rings is 1. The molecule has 3 heterocycles. The summed E-state index contributed by atoms with van der Waals surface area (Å²) in [5, 5.41) is 0. The Balaban J connectivity index is 1.52. The molecule has 0 bridgehead atoms. The Kier molecular flexibility index (Phi) is 6.25. The number of aromatic nitrogens is 1. The maximum Gasteiger partial charge on any atom is 0.119 e. The van der Waals surface area contributed by atoms with Gasteiger partial charge in [0.05, 0.1) is 7.11 Å². The molecule has 2 fully saturated rings. The Bertz CT molecular complexity index is 745. The molecule has 2 aliphatic heterocycles. The number of nitrogens with zero attached hydrogens (tertiary/aromatic N) is 4. The van der Waals surface area contributed by atoms with Crippen LogP contribution in [0, 0.1) is 0 Å². The molecular formula is C23H32N4O. The maximum absolute atomic E-state index is 5.43. The van der Waals surface area contributed by atoms with Crippen LogP contribution in [-0.4, -0.2) is 78.6 Å². The summed E-state index contributed by atoms with van der Waals surface area (Å²) < 4.78 is 5.43. The van der Waals surface area contributed by atoms with Gasteiger partial charge in [-0.2, -0.15) is 0 Å². The van der Waals surface area contributed by atoms with Gasteiger partial charge in [-0.05, 0) is 49.2 Å². The number of ether oxygens (including phenoxy) is 1. The van der Waals surface area contributed by atoms with Crippen LogP contribution in [0.4, 0.5) is 0 Å². The number of likely N-dealkylation sites (N-methyl/N-ethyl adjacent to an activating group) is 1. The van der Waals surface area contributed by atoms with E-state index in [0.29, 0.717) is 12.1 Å². The smallest absolute Gasteiger partial charge is 0.119 e. The van der Waals surface area contributed by atoms with E-state index in [0.717, 1.165) is 25.3 Å². The highest BCUT2D eigenvalue weighted by molar-refractivity contribution is 5.28. The second-order valence-corrected chi connectivity index (χ2v) is 8.15. The lowest BCUT2D eigenvalue weighted by Gasteiger charge is -2.40. The molecule has 0 spiro atoms. The summed E-state index contributed by atoms with van der Waals surface area (Å²) in [6.45, 7) is 6.83. The highest BCUT2D eigenvalue weighted by Crippen LogP contribution is 2.29. The van der Waals surface area contributed by atoms with Gasteiger partial charge >= 0.3 is 0 Å². The number of piperazine rings is 1. The van der Waals surface area contributed by atoms with Crippen molar-refractivity contribution >= 4 is 0 Å². The Morgan fingerprint density at radius 3 is 2.61 bits per heavy atom. The second kappa shape index (κ2) is 9.03. The van der Waals surface area contributed by atoms with Gasteiger partial charge in [-0.25, -0.2) is 0 Å². The van der Waals surface area contributed by atoms with Crippen molar-refractivity contribution in [3.05, 3.63) is 59.9 Å². The molecule has 4 rings (SSSR count). The van der Waals surface area contributed by atoms with Gasteiger partial charge in [0, 0.05) is 63.7 Å². The van der Waals surface area contributed by atoms with Crippen LogP contribution in [0.3, 0.4) is 0 Å². The fourth-order valence-corrected chi connectivity index (χ4v) is 4.71. The largest absolute Gasteiger partial charge is 0.497 e. The fourth-order valence-electron chi connectivity index (χ4n) is 4.71. The third-order valence-corrected chi connectivity index (χ3v) is 6.32. The van der Waals surface area contributed by atoms with Gasteiger partial charge < -0.3 is 9.64 Å². The quantitative estimate of drug-likeness (QED) is 0.769. The van der Waals surface area contributed by atoms with E-state index in [1.807, 2.05) is 18.5 Å². The van der Waals surface area contributed by atoms with Crippen LogP contribution in [0.25, 0.3) is 0 Å². The van der Waals surface area contributed by atoms with Gasteiger partial charge in [-0.15, -0.1) is 0 Å². The second-order valence-electron chi connectivity index (χ2n) is 8.15. The highest BCUT2D eigenvalue weighted by Gasteiger charge is 2.38. The van der Waals surface area contributed by atoms with Crippen LogP contribution in [0.1, 0.15) is 17.5 Å². The van der Waals surface area contributed by atoms with Gasteiger partial charge in [-0.1, -0.05) is 18.2 Å². The summed E-state index contributed by atoms with van der Waals surface area (Å²) in [6, 6.07) is 13.9. The van der Waals surface area contributed by atoms with Gasteiger partial charge in [-0.3, -0.25) is 14.8 Å². The minimum Gasteiger partial charge on any atom is -0.497 e. The zero-order chi connectivity index (χ0) is 19.3. The summed E-state index contributed by atoms with van der Waals surface area (Å²) in [7, 11) is 3.97. The molecule has 5 heteroatoms. The first-order valence-electron chi connectivity index (χ1n) is 10.4. The third-order valence-electron chi connectivity index (χ3n) is 6.32. The molecule has 1 aromatic heterocycles. The minimum absolute atomic E-state index is 0.527. The highest BCUT2D eigenvalue weighted by atomic mass is 16.5. The molecule has 2 atom stereocenters. The molecule has 0 radical (unpaired) electrons. The Morgan fingerprint density at radius 1 is 1.04 bits per heavy atom. The lowest BCUT2D eigenvalue weighted by atomic mass is 9.98. The first-order chi connectivity index (χ1) is 13.7. The standard InChI is InChI=1S/C23H32N4O/c1-25-11-13-26(14-12-25)22-8-10-27(18-20-5-3-7-21(15-20)28-2)23(22)16-19-6-4-9-24-17-19/h3-7,9,15,17,22-23H,8,10-14,16,18H2,1-2H3/t22-,23+/m1/s1. The van der Waals surface area contributed by atoms with E-state index in [2.05, 4.69) is 57.1 Å². The zero-order valence-corrected chi connectivity index (χ0v) is 17.1. The van der Waals surface area contributed by atoms with Crippen molar-refractivity contribution in [2.75, 3.05) is 46.9 Å². The van der Waals surface area contributed by atoms with Crippen LogP contribution < -0.4 is 4.74 Å². The number of rotatable bonds is 6. The average molecular weight is 381 g/mol. The minimum atomic E-state index is 0.527. The van der Waals surface area contributed by atoms with E-state index in [1.54, 1.807) is 7.11 Å². The van der Waals surface area contributed by atoms with Crippen LogP contribution in [0.2, 0.25) is 0 Å². The number of likely N-dealkylation sites (tertiary alicyclic amines) is 1. The van der Waals surface area contributed by atoms with Crippen molar-refractivity contribution in [1.82, 2.24) is 19.7 Å². The van der Waals surface area contributed by atoms with Gasteiger partial charge in [0.15, 0.2) is 0 Å². The molecule has 150 valence electrons. The van der Waals surface area contributed by atoms with Crippen molar-refractivity contribution in [1.29, 1.82) is 0 Å². The average Bonchev–Trinajstić information content (AvgIpc) is 3.11. The molecule has 0 N–H and O–H groups in total. The van der Waals surface area contributed by atoms with Crippen molar-refractivity contribution in [2.24, 2.45) is 0 Å². The first-order valence-corrected chi connectivity index (χ1v) is 10.4. The summed E-state index contributed by atoms with van der Waals surface area (Å²) >= 11 is 0. The Morgan fingerprint density at radius 2 is 1.86 bits per heavy atom. The van der Waals surface area contributed by atoms with Crippen molar-refractivity contribution in [3.8, 4) is 5.75 Å². The van der Waals surface area contributed by atoms with E-state index < -0.39 is 0 Å². The SMILES string of the molecule is COc1cccc(CN2CC[C@@H](N3CCN(C)CC3)[C@@H]2Cc2cccnc2)c1. The normalized spacial score (nSPS) is 24.5. The predicted molar refractivity (Wildman–Crippen MR) is 113 cm³/mol. The van der Waals surface area contributed by atoms with E-state index in [-0.39, 0.29) is 0 Å². The molecule has 0 unspecified atom stereocenters. The van der Waals surface area contributed by atoms with Crippen LogP contribution >= 0.6 is 0 Å². The first kappa shape index (κ1) is 19.4. The molecule has 2 aliphatic rings. The molecule has 1 aromatic carbocycles. The van der Waals surface area contributed by atoms with Crippen molar-refractivity contribution in [2.45, 2.75) is 31.5 Å². The topological polar surface area (TPSA) is 31.8 Å². The summed E-state index contributed by atoms with van der Waals surface area (Å²) in [6.07, 6.45) is 6.21. The third kappa shape index (κ3) is 4.54. The predicted octanol–water partition coefficient (Wildman–Crippen LogP) is 2.52. The molecule has 2 aromatic rings. The molecule has 0 amide bonds. The fraction of sp³-hybridized carbons (Fsp3) is 0.522. The lowest BCUT2D eigenvalue weighted by molar-refractivity contribution is 0.0850. The zero-order valence-electron chi connectivity index (χ0n) is 17.1. The molecule has 2 saturated heterocycles.